The number of nitrogens with zero attached hydrogens (tertiary/aromatic N) is 4. The van der Waals surface area contributed by atoms with Gasteiger partial charge < -0.3 is 10.2 Å². The Morgan fingerprint density at radius 1 is 1.06 bits per heavy atom. The molecule has 3 heterocycles. The second-order valence-electron chi connectivity index (χ2n) is 9.45. The summed E-state index contributed by atoms with van der Waals surface area (Å²) in [6.07, 6.45) is 4.15. The molecule has 1 aliphatic rings. The molecule has 6 heteroatoms. The molecule has 0 amide bonds. The molecular weight excluding hydrogens is 414 g/mol. The van der Waals surface area contributed by atoms with Crippen molar-refractivity contribution in [2.45, 2.75) is 52.6 Å². The van der Waals surface area contributed by atoms with E-state index in [1.807, 2.05) is 0 Å². The predicted molar refractivity (Wildman–Crippen MR) is 138 cm³/mol. The lowest BCUT2D eigenvalue weighted by molar-refractivity contribution is 0.174. The Morgan fingerprint density at radius 2 is 1.78 bits per heavy atom. The molecule has 0 aliphatic carbocycles. The van der Waals surface area contributed by atoms with Gasteiger partial charge >= 0.3 is 0 Å². The molecule has 4 rings (SSSR count). The second-order valence-corrected chi connectivity index (χ2v) is 10.3. The zero-order chi connectivity index (χ0) is 22.5. The predicted octanol–water partition coefficient (Wildman–Crippen LogP) is 5.28. The first-order valence-corrected chi connectivity index (χ1v) is 12.9. The Hall–Kier alpha value is -2.02. The number of hydrogen-bond donors (Lipinski definition) is 1. The number of anilines is 1. The van der Waals surface area contributed by atoms with Gasteiger partial charge in [-0.15, -0.1) is 11.3 Å². The maximum absolute atomic E-state index is 4.74. The SMILES string of the molecule is CC(C)N(CCNCC1CCN(c2ncnc3scc(-c4ccccc4)c23)CC1)C(C)C. The zero-order valence-corrected chi connectivity index (χ0v) is 20.7. The molecule has 0 bridgehead atoms. The first-order valence-electron chi connectivity index (χ1n) is 12.0. The summed E-state index contributed by atoms with van der Waals surface area (Å²) in [6.45, 7) is 14.6. The van der Waals surface area contributed by atoms with E-state index in [0.717, 1.165) is 49.3 Å². The summed E-state index contributed by atoms with van der Waals surface area (Å²) >= 11 is 1.72. The Balaban J connectivity index is 1.35. The lowest BCUT2D eigenvalue weighted by Crippen LogP contribution is -2.43. The standard InChI is InChI=1S/C26H37N5S/c1-19(2)31(20(3)4)15-12-27-16-21-10-13-30(14-11-21)25-24-23(22-8-6-5-7-9-22)17-32-26(24)29-18-28-25/h5-9,17-21,27H,10-16H2,1-4H3. The molecule has 1 fully saturated rings. The summed E-state index contributed by atoms with van der Waals surface area (Å²) in [4.78, 5) is 15.4. The van der Waals surface area contributed by atoms with Crippen LogP contribution in [0.25, 0.3) is 21.3 Å². The molecule has 1 saturated heterocycles. The maximum atomic E-state index is 4.74. The fraction of sp³-hybridized carbons (Fsp3) is 0.538. The molecule has 2 aromatic heterocycles. The molecule has 1 aromatic carbocycles. The first-order chi connectivity index (χ1) is 15.5. The van der Waals surface area contributed by atoms with Gasteiger partial charge in [0.1, 0.15) is 17.0 Å². The minimum absolute atomic E-state index is 0.600. The van der Waals surface area contributed by atoms with Gasteiger partial charge in [0, 0.05) is 49.2 Å². The molecule has 1 aliphatic heterocycles. The van der Waals surface area contributed by atoms with E-state index in [1.165, 1.54) is 29.4 Å². The second kappa shape index (κ2) is 10.7. The largest absolute Gasteiger partial charge is 0.356 e. The van der Waals surface area contributed by atoms with Gasteiger partial charge in [-0.05, 0) is 58.6 Å². The van der Waals surface area contributed by atoms with E-state index in [1.54, 1.807) is 17.7 Å². The minimum atomic E-state index is 0.600. The average Bonchev–Trinajstić information content (AvgIpc) is 3.24. The lowest BCUT2D eigenvalue weighted by Gasteiger charge is -2.34. The molecular formula is C26H37N5S. The van der Waals surface area contributed by atoms with Gasteiger partial charge in [0.2, 0.25) is 0 Å². The van der Waals surface area contributed by atoms with Crippen LogP contribution >= 0.6 is 11.3 Å². The lowest BCUT2D eigenvalue weighted by atomic mass is 9.96. The molecule has 32 heavy (non-hydrogen) atoms. The van der Waals surface area contributed by atoms with Crippen LogP contribution in [-0.2, 0) is 0 Å². The van der Waals surface area contributed by atoms with Crippen molar-refractivity contribution in [2.75, 3.05) is 37.6 Å². The molecule has 0 unspecified atom stereocenters. The van der Waals surface area contributed by atoms with Crippen LogP contribution in [0.5, 0.6) is 0 Å². The topological polar surface area (TPSA) is 44.3 Å². The van der Waals surface area contributed by atoms with Crippen LogP contribution in [0.2, 0.25) is 0 Å². The smallest absolute Gasteiger partial charge is 0.141 e. The summed E-state index contributed by atoms with van der Waals surface area (Å²) in [5, 5.41) is 7.16. The normalized spacial score (nSPS) is 15.5. The summed E-state index contributed by atoms with van der Waals surface area (Å²) in [5.41, 5.74) is 2.50. The highest BCUT2D eigenvalue weighted by Gasteiger charge is 2.23. The van der Waals surface area contributed by atoms with Crippen molar-refractivity contribution in [1.29, 1.82) is 0 Å². The highest BCUT2D eigenvalue weighted by atomic mass is 32.1. The molecule has 0 spiro atoms. The van der Waals surface area contributed by atoms with E-state index >= 15 is 0 Å². The van der Waals surface area contributed by atoms with Gasteiger partial charge in [-0.2, -0.15) is 0 Å². The number of piperidine rings is 1. The van der Waals surface area contributed by atoms with Crippen molar-refractivity contribution >= 4 is 27.4 Å². The maximum Gasteiger partial charge on any atom is 0.141 e. The van der Waals surface area contributed by atoms with E-state index in [0.29, 0.717) is 12.1 Å². The van der Waals surface area contributed by atoms with Crippen LogP contribution in [0.3, 0.4) is 0 Å². The van der Waals surface area contributed by atoms with Crippen molar-refractivity contribution in [3.05, 3.63) is 42.0 Å². The molecule has 0 radical (unpaired) electrons. The van der Waals surface area contributed by atoms with E-state index in [2.05, 4.69) is 83.5 Å². The summed E-state index contributed by atoms with van der Waals surface area (Å²) in [5.74, 6) is 1.84. The van der Waals surface area contributed by atoms with Crippen molar-refractivity contribution in [2.24, 2.45) is 5.92 Å². The number of nitrogens with one attached hydrogen (secondary N) is 1. The fourth-order valence-electron chi connectivity index (χ4n) is 4.91. The third-order valence-electron chi connectivity index (χ3n) is 6.66. The van der Waals surface area contributed by atoms with E-state index in [4.69, 9.17) is 4.98 Å². The first kappa shape index (κ1) is 23.1. The Morgan fingerprint density at radius 3 is 2.47 bits per heavy atom. The third kappa shape index (κ3) is 5.30. The molecule has 0 atom stereocenters. The summed E-state index contributed by atoms with van der Waals surface area (Å²) < 4.78 is 0. The van der Waals surface area contributed by atoms with Crippen LogP contribution in [0.15, 0.2) is 42.0 Å². The minimum Gasteiger partial charge on any atom is -0.356 e. The van der Waals surface area contributed by atoms with Gasteiger partial charge in [0.05, 0.1) is 5.39 Å². The van der Waals surface area contributed by atoms with E-state index < -0.39 is 0 Å². The average molecular weight is 452 g/mol. The molecule has 5 nitrogen and oxygen atoms in total. The Kier molecular flexibility index (Phi) is 7.76. The van der Waals surface area contributed by atoms with Gasteiger partial charge in [-0.3, -0.25) is 4.90 Å². The quantitative estimate of drug-likeness (QED) is 0.448. The van der Waals surface area contributed by atoms with Crippen molar-refractivity contribution in [3.8, 4) is 11.1 Å². The van der Waals surface area contributed by atoms with Crippen LogP contribution in [0.4, 0.5) is 5.82 Å². The zero-order valence-electron chi connectivity index (χ0n) is 19.9. The highest BCUT2D eigenvalue weighted by molar-refractivity contribution is 7.17. The van der Waals surface area contributed by atoms with E-state index in [-0.39, 0.29) is 0 Å². The molecule has 172 valence electrons. The number of aromatic nitrogens is 2. The summed E-state index contributed by atoms with van der Waals surface area (Å²) in [7, 11) is 0. The van der Waals surface area contributed by atoms with Crippen LogP contribution < -0.4 is 10.2 Å². The van der Waals surface area contributed by atoms with Crippen LogP contribution in [-0.4, -0.2) is 59.7 Å². The molecule has 0 saturated carbocycles. The number of benzene rings is 1. The molecule has 3 aromatic rings. The molecule has 1 N–H and O–H groups in total. The van der Waals surface area contributed by atoms with E-state index in [9.17, 15) is 0 Å². The third-order valence-corrected chi connectivity index (χ3v) is 7.54. The Bertz CT molecular complexity index is 968. The van der Waals surface area contributed by atoms with Crippen LogP contribution in [0.1, 0.15) is 40.5 Å². The number of fused-ring (bicyclic) bond motifs is 1. The van der Waals surface area contributed by atoms with Crippen molar-refractivity contribution in [3.63, 3.8) is 0 Å². The fourth-order valence-corrected chi connectivity index (χ4v) is 5.82. The van der Waals surface area contributed by atoms with Crippen molar-refractivity contribution < 1.29 is 0 Å². The van der Waals surface area contributed by atoms with Gasteiger partial charge in [0.15, 0.2) is 0 Å². The van der Waals surface area contributed by atoms with Gasteiger partial charge in [-0.1, -0.05) is 30.3 Å². The van der Waals surface area contributed by atoms with Crippen LogP contribution in [0, 0.1) is 5.92 Å². The highest BCUT2D eigenvalue weighted by Crippen LogP contribution is 2.38. The number of thiophene rings is 1. The number of hydrogen-bond acceptors (Lipinski definition) is 6. The van der Waals surface area contributed by atoms with Gasteiger partial charge in [0.25, 0.3) is 0 Å². The van der Waals surface area contributed by atoms with Crippen molar-refractivity contribution in [1.82, 2.24) is 20.2 Å². The van der Waals surface area contributed by atoms with Gasteiger partial charge in [-0.25, -0.2) is 9.97 Å². The number of rotatable bonds is 9. The monoisotopic (exact) mass is 451 g/mol. The Labute approximate surface area is 196 Å². The summed E-state index contributed by atoms with van der Waals surface area (Å²) in [6, 6.07) is 11.8.